The topological polar surface area (TPSA) is 97.0 Å². The maximum absolute atomic E-state index is 13.1. The third-order valence-electron chi connectivity index (χ3n) is 6.10. The van der Waals surface area contributed by atoms with E-state index in [1.807, 2.05) is 38.1 Å². The van der Waals surface area contributed by atoms with Crippen LogP contribution in [0.15, 0.2) is 72.9 Å². The predicted octanol–water partition coefficient (Wildman–Crippen LogP) is 6.54. The number of nitrogens with zero attached hydrogens (tertiary/aromatic N) is 1. The number of halogens is 2. The summed E-state index contributed by atoms with van der Waals surface area (Å²) in [5.41, 5.74) is 3.84. The maximum atomic E-state index is 13.1. The van der Waals surface area contributed by atoms with Crippen molar-refractivity contribution in [1.82, 2.24) is 10.2 Å². The molecule has 41 heavy (non-hydrogen) atoms. The molecule has 1 fully saturated rings. The summed E-state index contributed by atoms with van der Waals surface area (Å²) < 4.78 is 12.0. The van der Waals surface area contributed by atoms with Crippen LogP contribution >= 0.6 is 23.2 Å². The van der Waals surface area contributed by atoms with Crippen LogP contribution in [0.5, 0.6) is 11.5 Å². The smallest absolute Gasteiger partial charge is 0.329 e. The van der Waals surface area contributed by atoms with E-state index in [9.17, 15) is 14.4 Å². The first-order valence-electron chi connectivity index (χ1n) is 12.9. The van der Waals surface area contributed by atoms with E-state index in [1.165, 1.54) is 6.08 Å². The normalized spacial score (nSPS) is 13.8. The first-order chi connectivity index (χ1) is 19.7. The largest absolute Gasteiger partial charge is 0.490 e. The average molecular weight is 594 g/mol. The van der Waals surface area contributed by atoms with Crippen LogP contribution in [0, 0.1) is 6.92 Å². The van der Waals surface area contributed by atoms with Crippen LogP contribution in [0.1, 0.15) is 29.2 Å². The highest BCUT2D eigenvalue weighted by molar-refractivity contribution is 6.42. The van der Waals surface area contributed by atoms with Gasteiger partial charge in [-0.05, 0) is 73.9 Å². The SMILES string of the molecule is C=CCc1cc(/C=C2/NC(=O)N(CC(=O)Nc3ccc(C)cc3)C2=O)cc(OCC)c1OCc1ccc(Cl)c(Cl)c1. The monoisotopic (exact) mass is 593 g/mol. The predicted molar refractivity (Wildman–Crippen MR) is 160 cm³/mol. The highest BCUT2D eigenvalue weighted by Gasteiger charge is 2.35. The number of benzene rings is 3. The van der Waals surface area contributed by atoms with Gasteiger partial charge in [-0.3, -0.25) is 9.59 Å². The van der Waals surface area contributed by atoms with Crippen LogP contribution in [-0.4, -0.2) is 35.9 Å². The Morgan fingerprint density at radius 2 is 1.80 bits per heavy atom. The zero-order chi connectivity index (χ0) is 29.5. The van der Waals surface area contributed by atoms with Gasteiger partial charge < -0.3 is 20.1 Å². The summed E-state index contributed by atoms with van der Waals surface area (Å²) in [6.45, 7) is 7.78. The van der Waals surface area contributed by atoms with Gasteiger partial charge in [0.05, 0.1) is 16.7 Å². The Morgan fingerprint density at radius 1 is 1.05 bits per heavy atom. The van der Waals surface area contributed by atoms with E-state index in [1.54, 1.807) is 36.4 Å². The number of amides is 4. The number of ether oxygens (including phenoxy) is 2. The Labute approximate surface area is 248 Å². The highest BCUT2D eigenvalue weighted by Crippen LogP contribution is 2.36. The van der Waals surface area contributed by atoms with Gasteiger partial charge in [-0.1, -0.05) is 53.0 Å². The molecule has 0 aromatic heterocycles. The fourth-order valence-electron chi connectivity index (χ4n) is 4.15. The van der Waals surface area contributed by atoms with Crippen molar-refractivity contribution in [3.05, 3.63) is 105 Å². The minimum absolute atomic E-state index is 0.0367. The molecule has 0 aliphatic carbocycles. The van der Waals surface area contributed by atoms with Crippen molar-refractivity contribution in [2.45, 2.75) is 26.9 Å². The van der Waals surface area contributed by atoms with Gasteiger partial charge in [0.15, 0.2) is 11.5 Å². The third kappa shape index (κ3) is 7.48. The number of aryl methyl sites for hydroxylation is 1. The van der Waals surface area contributed by atoms with Crippen molar-refractivity contribution in [2.24, 2.45) is 0 Å². The van der Waals surface area contributed by atoms with Crippen molar-refractivity contribution < 1.29 is 23.9 Å². The van der Waals surface area contributed by atoms with Gasteiger partial charge in [-0.2, -0.15) is 0 Å². The van der Waals surface area contributed by atoms with Crippen LogP contribution < -0.4 is 20.1 Å². The molecule has 0 spiro atoms. The molecule has 8 nitrogen and oxygen atoms in total. The standard InChI is InChI=1S/C31H29Cl2N3O5/c1-4-6-22-13-21(16-27(40-5-2)29(22)41-18-20-9-12-24(32)25(33)14-20)15-26-30(38)36(31(39)35-26)17-28(37)34-23-10-7-19(3)8-11-23/h4,7-16H,1,5-6,17-18H2,2-3H3,(H,34,37)(H,35,39)/b26-15+. The summed E-state index contributed by atoms with van der Waals surface area (Å²) in [5.74, 6) is -0.118. The number of anilines is 1. The molecule has 212 valence electrons. The Bertz CT molecular complexity index is 1520. The molecule has 2 N–H and O–H groups in total. The number of carbonyl (C=O) groups excluding carboxylic acids is 3. The van der Waals surface area contributed by atoms with Crippen molar-refractivity contribution in [1.29, 1.82) is 0 Å². The lowest BCUT2D eigenvalue weighted by atomic mass is 10.0. The highest BCUT2D eigenvalue weighted by atomic mass is 35.5. The van der Waals surface area contributed by atoms with Crippen LogP contribution in [0.25, 0.3) is 6.08 Å². The minimum atomic E-state index is -0.682. The lowest BCUT2D eigenvalue weighted by molar-refractivity contribution is -0.127. The van der Waals surface area contributed by atoms with E-state index in [0.29, 0.717) is 45.8 Å². The summed E-state index contributed by atoms with van der Waals surface area (Å²) in [6, 6.07) is 15.3. The molecule has 1 saturated heterocycles. The van der Waals surface area contributed by atoms with Crippen LogP contribution in [0.3, 0.4) is 0 Å². The van der Waals surface area contributed by atoms with Crippen LogP contribution in [-0.2, 0) is 22.6 Å². The van der Waals surface area contributed by atoms with Gasteiger partial charge >= 0.3 is 6.03 Å². The number of urea groups is 1. The lowest BCUT2D eigenvalue weighted by Crippen LogP contribution is -2.38. The third-order valence-corrected chi connectivity index (χ3v) is 6.83. The van der Waals surface area contributed by atoms with Gasteiger partial charge in [0.25, 0.3) is 5.91 Å². The molecule has 1 heterocycles. The van der Waals surface area contributed by atoms with Crippen molar-refractivity contribution in [2.75, 3.05) is 18.5 Å². The summed E-state index contributed by atoms with van der Waals surface area (Å²) >= 11 is 12.2. The van der Waals surface area contributed by atoms with Crippen molar-refractivity contribution in [3.63, 3.8) is 0 Å². The summed E-state index contributed by atoms with van der Waals surface area (Å²) in [5, 5.41) is 6.13. The van der Waals surface area contributed by atoms with E-state index in [-0.39, 0.29) is 12.3 Å². The molecular weight excluding hydrogens is 565 g/mol. The summed E-state index contributed by atoms with van der Waals surface area (Å²) in [4.78, 5) is 39.0. The van der Waals surface area contributed by atoms with Gasteiger partial charge in [0.2, 0.25) is 5.91 Å². The zero-order valence-electron chi connectivity index (χ0n) is 22.6. The number of hydrogen-bond donors (Lipinski definition) is 2. The molecule has 0 radical (unpaired) electrons. The number of nitrogens with one attached hydrogen (secondary N) is 2. The Hall–Kier alpha value is -4.27. The molecule has 1 aliphatic rings. The fourth-order valence-corrected chi connectivity index (χ4v) is 4.47. The van der Waals surface area contributed by atoms with E-state index < -0.39 is 24.4 Å². The molecule has 0 atom stereocenters. The second kappa shape index (κ2) is 13.4. The van der Waals surface area contributed by atoms with Crippen molar-refractivity contribution in [3.8, 4) is 11.5 Å². The van der Waals surface area contributed by atoms with E-state index >= 15 is 0 Å². The zero-order valence-corrected chi connectivity index (χ0v) is 24.1. The van der Waals surface area contributed by atoms with E-state index in [4.69, 9.17) is 32.7 Å². The van der Waals surface area contributed by atoms with Crippen LogP contribution in [0.4, 0.5) is 10.5 Å². The van der Waals surface area contributed by atoms with E-state index in [0.717, 1.165) is 21.6 Å². The molecule has 10 heteroatoms. The Balaban J connectivity index is 1.54. The number of hydrogen-bond acceptors (Lipinski definition) is 5. The van der Waals surface area contributed by atoms with Gasteiger partial charge in [-0.15, -0.1) is 6.58 Å². The number of rotatable bonds is 11. The molecular formula is C31H29Cl2N3O5. The summed E-state index contributed by atoms with van der Waals surface area (Å²) in [6.07, 6.45) is 3.72. The molecule has 1 aliphatic heterocycles. The summed E-state index contributed by atoms with van der Waals surface area (Å²) in [7, 11) is 0. The molecule has 0 bridgehead atoms. The Morgan fingerprint density at radius 3 is 2.49 bits per heavy atom. The first kappa shape index (κ1) is 29.7. The quantitative estimate of drug-likeness (QED) is 0.149. The lowest BCUT2D eigenvalue weighted by Gasteiger charge is -2.17. The van der Waals surface area contributed by atoms with Crippen molar-refractivity contribution >= 4 is 52.8 Å². The minimum Gasteiger partial charge on any atom is -0.490 e. The molecule has 4 amide bonds. The second-order valence-corrected chi connectivity index (χ2v) is 10.1. The van der Waals surface area contributed by atoms with Gasteiger partial charge in [0, 0.05) is 11.3 Å². The molecule has 4 rings (SSSR count). The first-order valence-corrected chi connectivity index (χ1v) is 13.6. The molecule has 0 unspecified atom stereocenters. The van der Waals surface area contributed by atoms with Crippen LogP contribution in [0.2, 0.25) is 10.0 Å². The number of imide groups is 1. The average Bonchev–Trinajstić information content (AvgIpc) is 3.19. The maximum Gasteiger partial charge on any atom is 0.329 e. The number of allylic oxidation sites excluding steroid dienone is 1. The van der Waals surface area contributed by atoms with E-state index in [2.05, 4.69) is 17.2 Å². The molecule has 3 aromatic carbocycles. The molecule has 3 aromatic rings. The molecule has 0 saturated carbocycles. The second-order valence-electron chi connectivity index (χ2n) is 9.26. The van der Waals surface area contributed by atoms with Gasteiger partial charge in [-0.25, -0.2) is 9.69 Å². The fraction of sp³-hybridized carbons (Fsp3) is 0.194. The Kier molecular flexibility index (Phi) is 9.70. The van der Waals surface area contributed by atoms with Gasteiger partial charge in [0.1, 0.15) is 18.8 Å². The number of carbonyl (C=O) groups is 3.